The Kier molecular flexibility index (Phi) is 3.19. The minimum absolute atomic E-state index is 0.924. The van der Waals surface area contributed by atoms with Crippen molar-refractivity contribution in [2.75, 3.05) is 0 Å². The summed E-state index contributed by atoms with van der Waals surface area (Å²) in [5.74, 6) is 0. The number of aryl methyl sites for hydroxylation is 2. The van der Waals surface area contributed by atoms with E-state index in [1.807, 2.05) is 7.05 Å². The molecule has 0 saturated heterocycles. The first-order valence-corrected chi connectivity index (χ1v) is 7.68. The molecule has 0 aliphatic heterocycles. The molecule has 3 nitrogen and oxygen atoms in total. The average molecular weight is 299 g/mol. The minimum atomic E-state index is 0.924. The highest BCUT2D eigenvalue weighted by Gasteiger charge is 2.05. The molecule has 112 valence electrons. The summed E-state index contributed by atoms with van der Waals surface area (Å²) in [5.41, 5.74) is 8.14. The average Bonchev–Trinajstić information content (AvgIpc) is 2.96. The van der Waals surface area contributed by atoms with Gasteiger partial charge in [0.1, 0.15) is 5.52 Å². The van der Waals surface area contributed by atoms with E-state index < -0.39 is 0 Å². The van der Waals surface area contributed by atoms with Crippen molar-refractivity contribution in [3.8, 4) is 22.3 Å². The zero-order chi connectivity index (χ0) is 15.8. The lowest BCUT2D eigenvalue weighted by Gasteiger charge is -2.07. The molecule has 0 unspecified atom stereocenters. The van der Waals surface area contributed by atoms with Gasteiger partial charge in [0.15, 0.2) is 0 Å². The molecule has 0 fully saturated rings. The largest absolute Gasteiger partial charge is 0.248 e. The van der Waals surface area contributed by atoms with Crippen LogP contribution in [0.1, 0.15) is 5.56 Å². The van der Waals surface area contributed by atoms with E-state index >= 15 is 0 Å². The third kappa shape index (κ3) is 2.40. The predicted molar refractivity (Wildman–Crippen MR) is 94.1 cm³/mol. The second-order valence-corrected chi connectivity index (χ2v) is 5.81. The van der Waals surface area contributed by atoms with Crippen molar-refractivity contribution in [2.45, 2.75) is 6.92 Å². The van der Waals surface area contributed by atoms with Crippen LogP contribution in [0.25, 0.3) is 33.3 Å². The van der Waals surface area contributed by atoms with Gasteiger partial charge >= 0.3 is 0 Å². The van der Waals surface area contributed by atoms with Gasteiger partial charge in [-0.25, -0.2) is 4.68 Å². The van der Waals surface area contributed by atoms with Crippen LogP contribution in [0.4, 0.5) is 0 Å². The number of nitrogens with zero attached hydrogens (tertiary/aromatic N) is 3. The van der Waals surface area contributed by atoms with Gasteiger partial charge in [-0.3, -0.25) is 0 Å². The maximum Gasteiger partial charge on any atom is 0.113 e. The molecule has 3 heteroatoms. The second-order valence-electron chi connectivity index (χ2n) is 5.81. The van der Waals surface area contributed by atoms with Gasteiger partial charge in [0.05, 0.1) is 5.52 Å². The Morgan fingerprint density at radius 2 is 1.48 bits per heavy atom. The number of fused-ring (bicyclic) bond motifs is 1. The van der Waals surface area contributed by atoms with E-state index in [1.165, 1.54) is 22.3 Å². The monoisotopic (exact) mass is 299 g/mol. The lowest BCUT2D eigenvalue weighted by Crippen LogP contribution is -1.88. The van der Waals surface area contributed by atoms with Gasteiger partial charge in [0, 0.05) is 7.05 Å². The molecule has 0 N–H and O–H groups in total. The fourth-order valence-electron chi connectivity index (χ4n) is 2.96. The van der Waals surface area contributed by atoms with Gasteiger partial charge in [0.2, 0.25) is 0 Å². The molecule has 1 aromatic heterocycles. The van der Waals surface area contributed by atoms with Crippen LogP contribution in [0, 0.1) is 6.92 Å². The Balaban J connectivity index is 1.73. The zero-order valence-electron chi connectivity index (χ0n) is 13.2. The van der Waals surface area contributed by atoms with Crippen LogP contribution >= 0.6 is 0 Å². The number of aromatic nitrogens is 3. The van der Waals surface area contributed by atoms with Crippen LogP contribution in [-0.2, 0) is 7.05 Å². The fraction of sp³-hybridized carbons (Fsp3) is 0.100. The van der Waals surface area contributed by atoms with Crippen molar-refractivity contribution < 1.29 is 0 Å². The number of rotatable bonds is 2. The van der Waals surface area contributed by atoms with Gasteiger partial charge in [-0.15, -0.1) is 5.10 Å². The Labute approximate surface area is 135 Å². The maximum atomic E-state index is 4.19. The van der Waals surface area contributed by atoms with Crippen molar-refractivity contribution in [2.24, 2.45) is 7.05 Å². The standard InChI is InChI=1S/C20H17N3/c1-14-5-3-4-6-18(14)16-9-7-15(8-10-16)17-11-12-20-19(13-17)21-22-23(20)2/h3-13H,1-2H3. The molecule has 0 spiro atoms. The van der Waals surface area contributed by atoms with E-state index in [2.05, 4.69) is 84.0 Å². The Bertz CT molecular complexity index is 981. The molecule has 0 bridgehead atoms. The molecule has 0 aliphatic carbocycles. The molecule has 0 amide bonds. The first-order valence-electron chi connectivity index (χ1n) is 7.68. The maximum absolute atomic E-state index is 4.19. The zero-order valence-corrected chi connectivity index (χ0v) is 13.2. The molecular weight excluding hydrogens is 282 g/mol. The van der Waals surface area contributed by atoms with Gasteiger partial charge in [-0.05, 0) is 46.9 Å². The highest BCUT2D eigenvalue weighted by molar-refractivity contribution is 5.82. The molecule has 4 aromatic rings. The smallest absolute Gasteiger partial charge is 0.113 e. The normalized spacial score (nSPS) is 11.0. The summed E-state index contributed by atoms with van der Waals surface area (Å²) in [6.07, 6.45) is 0. The Morgan fingerprint density at radius 3 is 2.26 bits per heavy atom. The van der Waals surface area contributed by atoms with Crippen LogP contribution in [0.2, 0.25) is 0 Å². The van der Waals surface area contributed by atoms with E-state index in [0.29, 0.717) is 0 Å². The molecule has 3 aromatic carbocycles. The Hall–Kier alpha value is -2.94. The second kappa shape index (κ2) is 5.36. The summed E-state index contributed by atoms with van der Waals surface area (Å²) in [5, 5.41) is 8.25. The number of benzene rings is 3. The molecule has 0 saturated carbocycles. The van der Waals surface area contributed by atoms with Gasteiger partial charge in [-0.2, -0.15) is 0 Å². The van der Waals surface area contributed by atoms with E-state index in [4.69, 9.17) is 0 Å². The summed E-state index contributed by atoms with van der Waals surface area (Å²) in [6.45, 7) is 2.14. The lowest BCUT2D eigenvalue weighted by molar-refractivity contribution is 0.736. The van der Waals surface area contributed by atoms with Gasteiger partial charge in [0.25, 0.3) is 0 Å². The Morgan fingerprint density at radius 1 is 0.783 bits per heavy atom. The molecule has 0 aliphatic rings. The highest BCUT2D eigenvalue weighted by atomic mass is 15.4. The van der Waals surface area contributed by atoms with Crippen molar-refractivity contribution in [3.63, 3.8) is 0 Å². The molecule has 0 atom stereocenters. The number of hydrogen-bond donors (Lipinski definition) is 0. The number of hydrogen-bond acceptors (Lipinski definition) is 2. The van der Waals surface area contributed by atoms with E-state index in [-0.39, 0.29) is 0 Å². The molecule has 4 rings (SSSR count). The topological polar surface area (TPSA) is 30.7 Å². The van der Waals surface area contributed by atoms with Crippen LogP contribution in [0.15, 0.2) is 66.7 Å². The first-order chi connectivity index (χ1) is 11.2. The first kappa shape index (κ1) is 13.7. The van der Waals surface area contributed by atoms with Crippen LogP contribution in [0.5, 0.6) is 0 Å². The third-order valence-corrected chi connectivity index (χ3v) is 4.28. The van der Waals surface area contributed by atoms with Crippen molar-refractivity contribution in [1.82, 2.24) is 15.0 Å². The van der Waals surface area contributed by atoms with E-state index in [9.17, 15) is 0 Å². The molecule has 23 heavy (non-hydrogen) atoms. The van der Waals surface area contributed by atoms with Crippen molar-refractivity contribution in [1.29, 1.82) is 0 Å². The van der Waals surface area contributed by atoms with E-state index in [0.717, 1.165) is 16.6 Å². The predicted octanol–water partition coefficient (Wildman–Crippen LogP) is 4.61. The van der Waals surface area contributed by atoms with Crippen molar-refractivity contribution >= 4 is 11.0 Å². The van der Waals surface area contributed by atoms with Gasteiger partial charge < -0.3 is 0 Å². The van der Waals surface area contributed by atoms with Crippen LogP contribution < -0.4 is 0 Å². The summed E-state index contributed by atoms with van der Waals surface area (Å²) in [6, 6.07) is 23.4. The van der Waals surface area contributed by atoms with Gasteiger partial charge in [-0.1, -0.05) is 59.8 Å². The molecular formula is C20H17N3. The molecule has 0 radical (unpaired) electrons. The third-order valence-electron chi connectivity index (χ3n) is 4.28. The SMILES string of the molecule is Cc1ccccc1-c1ccc(-c2ccc3c(c2)nnn3C)cc1. The molecule has 1 heterocycles. The quantitative estimate of drug-likeness (QED) is 0.541. The lowest BCUT2D eigenvalue weighted by atomic mass is 9.97. The summed E-state index contributed by atoms with van der Waals surface area (Å²) < 4.78 is 1.79. The van der Waals surface area contributed by atoms with Crippen molar-refractivity contribution in [3.05, 3.63) is 72.3 Å². The summed E-state index contributed by atoms with van der Waals surface area (Å²) in [4.78, 5) is 0. The fourth-order valence-corrected chi connectivity index (χ4v) is 2.96. The van der Waals surface area contributed by atoms with E-state index in [1.54, 1.807) is 4.68 Å². The summed E-state index contributed by atoms with van der Waals surface area (Å²) >= 11 is 0. The summed E-state index contributed by atoms with van der Waals surface area (Å²) in [7, 11) is 1.91. The minimum Gasteiger partial charge on any atom is -0.248 e. The van der Waals surface area contributed by atoms with Crippen LogP contribution in [0.3, 0.4) is 0 Å². The van der Waals surface area contributed by atoms with Crippen LogP contribution in [-0.4, -0.2) is 15.0 Å². The highest BCUT2D eigenvalue weighted by Crippen LogP contribution is 2.28.